The van der Waals surface area contributed by atoms with Crippen LogP contribution >= 0.6 is 0 Å². The number of hydrogen-bond donors (Lipinski definition) is 0. The van der Waals surface area contributed by atoms with Crippen molar-refractivity contribution in [3.05, 3.63) is 86.5 Å². The molecular formula is C36H51Sb. The van der Waals surface area contributed by atoms with Gasteiger partial charge in [0.25, 0.3) is 0 Å². The molecule has 0 saturated heterocycles. The molecule has 0 aromatic heterocycles. The summed E-state index contributed by atoms with van der Waals surface area (Å²) >= 11 is -2.40. The Morgan fingerprint density at radius 1 is 0.324 bits per heavy atom. The van der Waals surface area contributed by atoms with Crippen molar-refractivity contribution >= 4 is 30.7 Å². The topological polar surface area (TPSA) is 0 Å². The summed E-state index contributed by atoms with van der Waals surface area (Å²) in [6, 6.07) is 15.4. The first kappa shape index (κ1) is 30.0. The Kier molecular flexibility index (Phi) is 11.4. The summed E-state index contributed by atoms with van der Waals surface area (Å²) < 4.78 is 5.35. The van der Waals surface area contributed by atoms with Crippen LogP contribution in [0.25, 0.3) is 0 Å². The van der Waals surface area contributed by atoms with E-state index in [0.717, 1.165) is 57.8 Å². The van der Waals surface area contributed by atoms with E-state index < -0.39 is 20.2 Å². The van der Waals surface area contributed by atoms with E-state index in [1.165, 1.54) is 16.7 Å². The fourth-order valence-corrected chi connectivity index (χ4v) is 16.6. The molecule has 3 rings (SSSR count). The molecule has 0 amide bonds. The van der Waals surface area contributed by atoms with Gasteiger partial charge in [0.1, 0.15) is 0 Å². The van der Waals surface area contributed by atoms with Gasteiger partial charge in [-0.3, -0.25) is 0 Å². The second-order valence-electron chi connectivity index (χ2n) is 10.3. The molecule has 0 bridgehead atoms. The van der Waals surface area contributed by atoms with Crippen LogP contribution in [-0.2, 0) is 57.8 Å². The Morgan fingerprint density at radius 2 is 0.514 bits per heavy atom. The van der Waals surface area contributed by atoms with Crippen LogP contribution in [0.2, 0.25) is 0 Å². The van der Waals surface area contributed by atoms with E-state index in [-0.39, 0.29) is 0 Å². The average Bonchev–Trinajstić information content (AvgIpc) is 2.96. The van der Waals surface area contributed by atoms with Gasteiger partial charge in [0, 0.05) is 0 Å². The third kappa shape index (κ3) is 6.22. The van der Waals surface area contributed by atoms with E-state index in [4.69, 9.17) is 0 Å². The van der Waals surface area contributed by atoms with Gasteiger partial charge in [-0.2, -0.15) is 0 Å². The van der Waals surface area contributed by atoms with Crippen molar-refractivity contribution in [1.29, 1.82) is 0 Å². The van der Waals surface area contributed by atoms with E-state index in [1.54, 1.807) is 43.9 Å². The molecule has 0 fully saturated rings. The molecular weight excluding hydrogens is 554 g/mol. The van der Waals surface area contributed by atoms with Crippen LogP contribution in [0.5, 0.6) is 0 Å². The zero-order valence-corrected chi connectivity index (χ0v) is 27.8. The quantitative estimate of drug-likeness (QED) is 0.191. The van der Waals surface area contributed by atoms with Crippen molar-refractivity contribution in [1.82, 2.24) is 0 Å². The van der Waals surface area contributed by atoms with Crippen LogP contribution in [-0.4, -0.2) is 20.2 Å². The first-order valence-electron chi connectivity index (χ1n) is 15.2. The van der Waals surface area contributed by atoms with E-state index in [9.17, 15) is 0 Å². The van der Waals surface area contributed by atoms with Gasteiger partial charge in [0.2, 0.25) is 0 Å². The molecule has 0 unspecified atom stereocenters. The van der Waals surface area contributed by atoms with Crippen LogP contribution < -0.4 is 10.5 Å². The summed E-state index contributed by atoms with van der Waals surface area (Å²) in [6.07, 6.45) is 10.1. The average molecular weight is 606 g/mol. The molecule has 0 N–H and O–H groups in total. The van der Waals surface area contributed by atoms with E-state index in [2.05, 4.69) is 98.7 Å². The summed E-state index contributed by atoms with van der Waals surface area (Å²) in [5, 5.41) is 0. The summed E-state index contributed by atoms with van der Waals surface area (Å²) in [5.74, 6) is 0. The molecule has 200 valence electrons. The van der Waals surface area contributed by atoms with Crippen molar-refractivity contribution in [2.75, 3.05) is 0 Å². The van der Waals surface area contributed by atoms with Gasteiger partial charge in [-0.25, -0.2) is 0 Å². The Hall–Kier alpha value is -1.52. The molecule has 37 heavy (non-hydrogen) atoms. The van der Waals surface area contributed by atoms with E-state index >= 15 is 0 Å². The Labute approximate surface area is 236 Å². The molecule has 1 heteroatoms. The molecule has 3 aromatic rings. The number of aryl methyl sites for hydroxylation is 9. The van der Waals surface area contributed by atoms with Gasteiger partial charge in [-0.05, 0) is 0 Å². The third-order valence-electron chi connectivity index (χ3n) is 8.16. The van der Waals surface area contributed by atoms with E-state index in [1.807, 2.05) is 0 Å². The van der Waals surface area contributed by atoms with Gasteiger partial charge in [0.05, 0.1) is 0 Å². The third-order valence-corrected chi connectivity index (χ3v) is 16.9. The summed E-state index contributed by atoms with van der Waals surface area (Å²) in [7, 11) is 0. The van der Waals surface area contributed by atoms with Crippen molar-refractivity contribution in [2.45, 2.75) is 120 Å². The minimum atomic E-state index is -2.40. The molecule has 3 aromatic carbocycles. The van der Waals surface area contributed by atoms with Gasteiger partial charge < -0.3 is 0 Å². The predicted octanol–water partition coefficient (Wildman–Crippen LogP) is 7.26. The zero-order chi connectivity index (χ0) is 27.1. The minimum absolute atomic E-state index is 1.12. The molecule has 0 aliphatic rings. The van der Waals surface area contributed by atoms with E-state index in [0.29, 0.717) is 0 Å². The van der Waals surface area contributed by atoms with Crippen LogP contribution in [0, 0.1) is 0 Å². The second kappa shape index (κ2) is 14.0. The molecule has 0 saturated carbocycles. The molecule has 0 atom stereocenters. The molecule has 0 radical (unpaired) electrons. The van der Waals surface area contributed by atoms with Gasteiger partial charge in [0.15, 0.2) is 0 Å². The number of benzene rings is 3. The molecule has 0 aliphatic heterocycles. The second-order valence-corrected chi connectivity index (χ2v) is 16.0. The zero-order valence-electron chi connectivity index (χ0n) is 25.3. The van der Waals surface area contributed by atoms with Gasteiger partial charge >= 0.3 is 237 Å². The molecule has 0 aliphatic carbocycles. The maximum absolute atomic E-state index is 2.57. The Bertz CT molecular complexity index is 973. The fraction of sp³-hybridized carbons (Fsp3) is 0.500. The number of hydrogen-bond acceptors (Lipinski definition) is 0. The molecule has 0 spiro atoms. The predicted molar refractivity (Wildman–Crippen MR) is 168 cm³/mol. The monoisotopic (exact) mass is 604 g/mol. The van der Waals surface area contributed by atoms with Crippen LogP contribution in [0.4, 0.5) is 0 Å². The molecule has 0 nitrogen and oxygen atoms in total. The molecule has 0 heterocycles. The van der Waals surface area contributed by atoms with Crippen molar-refractivity contribution < 1.29 is 0 Å². The number of rotatable bonds is 12. The van der Waals surface area contributed by atoms with Crippen molar-refractivity contribution in [3.63, 3.8) is 0 Å². The standard InChI is InChI=1S/3C12H17.Sb/c3*1-4-10-7-11(5-2)9-12(6-3)8-10;/h3*7-8H,4-6H2,1-3H3;. The van der Waals surface area contributed by atoms with Gasteiger partial charge in [-0.15, -0.1) is 0 Å². The normalized spacial score (nSPS) is 11.5. The first-order chi connectivity index (χ1) is 17.9. The first-order valence-corrected chi connectivity index (χ1v) is 19.0. The maximum atomic E-state index is 2.57. The SMILES string of the molecule is CCc1cc(CC)[c]([Sb]([c]2c(CC)cc(CC)cc2CC)[c]2c(CC)cc(CC)cc2CC)c(CC)c1. The van der Waals surface area contributed by atoms with Crippen LogP contribution in [0.3, 0.4) is 0 Å². The van der Waals surface area contributed by atoms with Crippen LogP contribution in [0.1, 0.15) is 112 Å². The van der Waals surface area contributed by atoms with Gasteiger partial charge in [-0.1, -0.05) is 0 Å². The summed E-state index contributed by atoms with van der Waals surface area (Å²) in [4.78, 5) is 0. The Balaban J connectivity index is 2.59. The summed E-state index contributed by atoms with van der Waals surface area (Å²) in [5.41, 5.74) is 14.3. The Morgan fingerprint density at radius 3 is 0.649 bits per heavy atom. The fourth-order valence-electron chi connectivity index (χ4n) is 5.92. The van der Waals surface area contributed by atoms with Crippen LogP contribution in [0.15, 0.2) is 36.4 Å². The van der Waals surface area contributed by atoms with Crippen molar-refractivity contribution in [3.8, 4) is 0 Å². The van der Waals surface area contributed by atoms with Crippen molar-refractivity contribution in [2.24, 2.45) is 0 Å². The summed E-state index contributed by atoms with van der Waals surface area (Å²) in [6.45, 7) is 21.3.